The molecule has 0 saturated heterocycles. The Bertz CT molecular complexity index is 1610. The van der Waals surface area contributed by atoms with Crippen molar-refractivity contribution in [3.8, 4) is 17.0 Å². The number of ether oxygens (including phenoxy) is 1. The van der Waals surface area contributed by atoms with Crippen LogP contribution in [0, 0.1) is 17.0 Å². The first kappa shape index (κ1) is 23.2. The molecule has 0 bridgehead atoms. The van der Waals surface area contributed by atoms with Crippen molar-refractivity contribution in [2.75, 3.05) is 51.0 Å². The number of nitrogens with zero attached hydrogens (tertiary/aromatic N) is 6. The third-order valence-electron chi connectivity index (χ3n) is 6.40. The maximum Gasteiger partial charge on any atom is 0.294 e. The Morgan fingerprint density at radius 1 is 1.32 bits per heavy atom. The zero-order valence-electron chi connectivity index (χ0n) is 23.7. The number of nitro groups is 1. The number of aromatic nitrogens is 3. The van der Waals surface area contributed by atoms with Gasteiger partial charge in [0.15, 0.2) is 0 Å². The number of para-hydroxylation sites is 1. The zero-order valence-corrected chi connectivity index (χ0v) is 21.4. The van der Waals surface area contributed by atoms with Crippen LogP contribution < -0.4 is 15.0 Å². The van der Waals surface area contributed by atoms with Gasteiger partial charge in [0.25, 0.3) is 5.69 Å². The van der Waals surface area contributed by atoms with E-state index in [-0.39, 0.29) is 32.2 Å². The van der Waals surface area contributed by atoms with E-state index >= 15 is 0 Å². The van der Waals surface area contributed by atoms with Gasteiger partial charge in [-0.1, -0.05) is 31.2 Å². The van der Waals surface area contributed by atoms with Crippen LogP contribution in [0.3, 0.4) is 0 Å². The van der Waals surface area contributed by atoms with Crippen molar-refractivity contribution >= 4 is 45.5 Å². The molecule has 5 rings (SSSR count). The molecule has 1 aliphatic rings. The number of benzene rings is 2. The monoisotopic (exact) mass is 540 g/mol. The molecule has 0 spiro atoms. The summed E-state index contributed by atoms with van der Waals surface area (Å²) in [5, 5.41) is 16.4. The van der Waals surface area contributed by atoms with Crippen molar-refractivity contribution in [3.63, 3.8) is 0 Å². The number of halogens is 1. The predicted molar refractivity (Wildman–Crippen MR) is 153 cm³/mol. The van der Waals surface area contributed by atoms with Crippen LogP contribution in [-0.4, -0.2) is 65.1 Å². The molecule has 2 aromatic heterocycles. The lowest BCUT2D eigenvalue weighted by molar-refractivity contribution is -0.384. The summed E-state index contributed by atoms with van der Waals surface area (Å²) in [5.74, 6) is 1.04. The lowest BCUT2D eigenvalue weighted by Crippen LogP contribution is -2.29. The highest BCUT2D eigenvalue weighted by Gasteiger charge is 2.23. The Morgan fingerprint density at radius 3 is 2.89 bits per heavy atom. The Hall–Kier alpha value is -3.89. The maximum absolute atomic E-state index is 12.0. The molecule has 4 aromatic rings. The van der Waals surface area contributed by atoms with Gasteiger partial charge < -0.3 is 24.4 Å². The maximum atomic E-state index is 12.0. The minimum atomic E-state index is -2.24. The molecule has 38 heavy (non-hydrogen) atoms. The second-order valence-corrected chi connectivity index (χ2v) is 9.42. The smallest absolute Gasteiger partial charge is 0.294 e. The van der Waals surface area contributed by atoms with Gasteiger partial charge in [-0.2, -0.15) is 0 Å². The quantitative estimate of drug-likeness (QED) is 0.223. The van der Waals surface area contributed by atoms with E-state index in [1.807, 2.05) is 31.3 Å². The van der Waals surface area contributed by atoms with Crippen LogP contribution in [0.25, 0.3) is 22.2 Å². The molecule has 0 fully saturated rings. The van der Waals surface area contributed by atoms with Gasteiger partial charge in [-0.15, -0.1) is 0 Å². The van der Waals surface area contributed by atoms with Crippen molar-refractivity contribution in [2.45, 2.75) is 20.9 Å². The molecule has 0 unspecified atom stereocenters. The molecular formula is C27H32ClN7O3. The van der Waals surface area contributed by atoms with Crippen LogP contribution in [0.15, 0.2) is 42.7 Å². The van der Waals surface area contributed by atoms with E-state index in [0.717, 1.165) is 27.8 Å². The van der Waals surface area contributed by atoms with Gasteiger partial charge in [0, 0.05) is 47.5 Å². The van der Waals surface area contributed by atoms with Crippen molar-refractivity contribution in [1.82, 2.24) is 19.4 Å². The number of likely N-dealkylation sites (N-methyl/N-ethyl adjacent to an activating group) is 2. The van der Waals surface area contributed by atoms with E-state index in [4.69, 9.17) is 20.5 Å². The summed E-state index contributed by atoms with van der Waals surface area (Å²) in [4.78, 5) is 23.4. The first-order chi connectivity index (χ1) is 18.9. The molecule has 0 amide bonds. The van der Waals surface area contributed by atoms with Crippen LogP contribution in [0.5, 0.6) is 5.75 Å². The fourth-order valence-corrected chi connectivity index (χ4v) is 4.68. The van der Waals surface area contributed by atoms with Crippen LogP contribution in [-0.2, 0) is 6.54 Å². The van der Waals surface area contributed by atoms with Crippen molar-refractivity contribution in [1.29, 1.82) is 0 Å². The standard InChI is InChI=1S/C26H28ClN7O3.CH4/c1-16-12-21(32(4)9-8-31(2)3)22(34(35)36)13-20(16)29-26-28-14-19(27)24(30-26)18-15-33-10-11-37-23-7-5-6-17(18)25(23)33;/h5-7,12-15H,8-11H2,1-4H3,(H,28,29,30);1H4/i2D3;. The summed E-state index contributed by atoms with van der Waals surface area (Å²) in [6, 6.07) is 8.97. The minimum Gasteiger partial charge on any atom is -0.490 e. The van der Waals surface area contributed by atoms with Crippen LogP contribution in [0.4, 0.5) is 23.0 Å². The van der Waals surface area contributed by atoms with Gasteiger partial charge in [0.05, 0.1) is 39.6 Å². The SMILES string of the molecule is C.[2H]C([2H])([2H])N(C)CCN(C)c1cc(C)c(Nc2ncc(Cl)c(-c3cn4c5c(cccc35)OCC4)n2)cc1[N+](=O)[O-]. The predicted octanol–water partition coefficient (Wildman–Crippen LogP) is 5.74. The molecule has 10 nitrogen and oxygen atoms in total. The van der Waals surface area contributed by atoms with Gasteiger partial charge in [-0.3, -0.25) is 10.1 Å². The Kier molecular flexibility index (Phi) is 6.63. The molecule has 3 heterocycles. The summed E-state index contributed by atoms with van der Waals surface area (Å²) in [6.07, 6.45) is 3.50. The van der Waals surface area contributed by atoms with E-state index in [1.54, 1.807) is 18.0 Å². The number of hydrogen-bond acceptors (Lipinski definition) is 8. The van der Waals surface area contributed by atoms with E-state index < -0.39 is 11.9 Å². The highest BCUT2D eigenvalue weighted by molar-refractivity contribution is 6.33. The molecule has 11 heteroatoms. The number of nitrogens with one attached hydrogen (secondary N) is 1. The molecule has 200 valence electrons. The van der Waals surface area contributed by atoms with Crippen molar-refractivity contribution in [3.05, 3.63) is 63.4 Å². The highest BCUT2D eigenvalue weighted by Crippen LogP contribution is 2.39. The number of rotatable bonds is 8. The zero-order chi connectivity index (χ0) is 28.8. The van der Waals surface area contributed by atoms with E-state index in [9.17, 15) is 10.1 Å². The molecule has 0 radical (unpaired) electrons. The minimum absolute atomic E-state index is 0. The normalized spacial score (nSPS) is 13.8. The highest BCUT2D eigenvalue weighted by atomic mass is 35.5. The van der Waals surface area contributed by atoms with Gasteiger partial charge in [-0.25, -0.2) is 9.97 Å². The molecule has 1 N–H and O–H groups in total. The topological polar surface area (TPSA) is 102 Å². The number of hydrogen-bond donors (Lipinski definition) is 1. The summed E-state index contributed by atoms with van der Waals surface area (Å²) in [6.45, 7) is 1.34. The molecule has 2 aromatic carbocycles. The Morgan fingerprint density at radius 2 is 2.13 bits per heavy atom. The van der Waals surface area contributed by atoms with Crippen LogP contribution >= 0.6 is 11.6 Å². The molecule has 0 atom stereocenters. The fraction of sp³-hybridized carbons (Fsp3) is 0.333. The summed E-state index contributed by atoms with van der Waals surface area (Å²) in [7, 11) is 3.19. The van der Waals surface area contributed by atoms with Gasteiger partial charge in [-0.05, 0) is 38.6 Å². The first-order valence-corrected chi connectivity index (χ1v) is 12.1. The summed E-state index contributed by atoms with van der Waals surface area (Å²) >= 11 is 6.55. The molecule has 1 aliphatic heterocycles. The molecule has 0 saturated carbocycles. The Balaban J connectivity index is 0.00000387. The average molecular weight is 541 g/mol. The number of nitro benzene ring substituents is 1. The number of aryl methyl sites for hydroxylation is 1. The van der Waals surface area contributed by atoms with Gasteiger partial charge >= 0.3 is 0 Å². The Labute approximate surface area is 231 Å². The van der Waals surface area contributed by atoms with Crippen molar-refractivity contribution in [2.24, 2.45) is 0 Å². The average Bonchev–Trinajstić information content (AvgIpc) is 3.28. The lowest BCUT2D eigenvalue weighted by Gasteiger charge is -2.22. The lowest BCUT2D eigenvalue weighted by atomic mass is 10.1. The van der Waals surface area contributed by atoms with E-state index in [2.05, 4.69) is 19.9 Å². The first-order valence-electron chi connectivity index (χ1n) is 13.2. The van der Waals surface area contributed by atoms with E-state index in [1.165, 1.54) is 24.2 Å². The van der Waals surface area contributed by atoms with E-state index in [0.29, 0.717) is 35.2 Å². The van der Waals surface area contributed by atoms with Crippen LogP contribution in [0.2, 0.25) is 5.02 Å². The van der Waals surface area contributed by atoms with Crippen molar-refractivity contribution < 1.29 is 13.8 Å². The second kappa shape index (κ2) is 10.8. The molecular weight excluding hydrogens is 506 g/mol. The number of anilines is 3. The van der Waals surface area contributed by atoms with Crippen LogP contribution in [0.1, 0.15) is 17.1 Å². The summed E-state index contributed by atoms with van der Waals surface area (Å²) in [5.41, 5.74) is 3.78. The largest absolute Gasteiger partial charge is 0.490 e. The summed E-state index contributed by atoms with van der Waals surface area (Å²) < 4.78 is 30.5. The third kappa shape index (κ3) is 5.09. The third-order valence-corrected chi connectivity index (χ3v) is 6.67. The van der Waals surface area contributed by atoms with Gasteiger partial charge in [0.1, 0.15) is 18.0 Å². The second-order valence-electron chi connectivity index (χ2n) is 9.01. The molecule has 0 aliphatic carbocycles. The van der Waals surface area contributed by atoms with Gasteiger partial charge in [0.2, 0.25) is 5.95 Å². The fourth-order valence-electron chi connectivity index (χ4n) is 4.49.